The van der Waals surface area contributed by atoms with Crippen molar-refractivity contribution in [2.75, 3.05) is 0 Å². The van der Waals surface area contributed by atoms with Crippen LogP contribution in [0.3, 0.4) is 0 Å². The van der Waals surface area contributed by atoms with E-state index in [-0.39, 0.29) is 36.0 Å². The maximum Gasteiger partial charge on any atom is 1.00 e. The van der Waals surface area contributed by atoms with Crippen molar-refractivity contribution in [2.45, 2.75) is 0 Å². The second-order valence-corrected chi connectivity index (χ2v) is 3.63. The Morgan fingerprint density at radius 2 is 1.41 bits per heavy atom. The molecule has 2 amide bonds. The Balaban J connectivity index is 0.000000810. The van der Waals surface area contributed by atoms with Gasteiger partial charge in [0.15, 0.2) is 0 Å². The number of carbonyl (C=O) groups is 2. The third-order valence-electron chi connectivity index (χ3n) is 2.75. The molecule has 0 aliphatic carbocycles. The van der Waals surface area contributed by atoms with E-state index in [0.29, 0.717) is 16.5 Å². The standard InChI is InChI=1S/C12H7NO3.Na.H/c14-11-8-5-1-3-7-4-2-6-9(10(7)8)12(15)13(11)16;;/h1-6,16H;;/q;+1;-1. The molecule has 0 saturated heterocycles. The molecule has 2 aromatic carbocycles. The van der Waals surface area contributed by atoms with Gasteiger partial charge >= 0.3 is 29.6 Å². The van der Waals surface area contributed by atoms with Crippen molar-refractivity contribution in [3.8, 4) is 0 Å². The molecule has 1 heterocycles. The summed E-state index contributed by atoms with van der Waals surface area (Å²) in [5.41, 5.74) is 0.713. The van der Waals surface area contributed by atoms with Crippen molar-refractivity contribution in [1.82, 2.24) is 5.06 Å². The molecular formula is C12H8NNaO3. The van der Waals surface area contributed by atoms with Gasteiger partial charge in [-0.15, -0.1) is 5.06 Å². The van der Waals surface area contributed by atoms with Gasteiger partial charge in [-0.05, 0) is 17.5 Å². The van der Waals surface area contributed by atoms with Crippen LogP contribution in [0.4, 0.5) is 0 Å². The Hall–Kier alpha value is -1.20. The second kappa shape index (κ2) is 4.23. The first-order chi connectivity index (χ1) is 7.70. The summed E-state index contributed by atoms with van der Waals surface area (Å²) in [6.07, 6.45) is 0. The van der Waals surface area contributed by atoms with Crippen LogP contribution in [0.15, 0.2) is 36.4 Å². The van der Waals surface area contributed by atoms with Crippen molar-refractivity contribution < 1.29 is 45.8 Å². The molecule has 1 N–H and O–H groups in total. The summed E-state index contributed by atoms with van der Waals surface area (Å²) in [5, 5.41) is 11.0. The SMILES string of the molecule is O=C1c2cccc3cccc(c23)C(=O)N1O.[H-].[Na+]. The number of hydrogen-bond acceptors (Lipinski definition) is 3. The molecular weight excluding hydrogens is 229 g/mol. The number of nitrogens with zero attached hydrogens (tertiary/aromatic N) is 1. The van der Waals surface area contributed by atoms with Crippen LogP contribution in [0.1, 0.15) is 22.1 Å². The fourth-order valence-electron chi connectivity index (χ4n) is 2.02. The average molecular weight is 237 g/mol. The Labute approximate surface area is 121 Å². The molecule has 2 aromatic rings. The van der Waals surface area contributed by atoms with E-state index in [2.05, 4.69) is 0 Å². The third-order valence-corrected chi connectivity index (χ3v) is 2.75. The molecule has 1 aliphatic heterocycles. The van der Waals surface area contributed by atoms with E-state index in [1.54, 1.807) is 24.3 Å². The number of hydroxylamine groups is 2. The quantitative estimate of drug-likeness (QED) is 0.361. The Bertz CT molecular complexity index is 594. The van der Waals surface area contributed by atoms with Gasteiger partial charge in [-0.3, -0.25) is 14.8 Å². The predicted octanol–water partition coefficient (Wildman–Crippen LogP) is -1.06. The predicted molar refractivity (Wildman–Crippen MR) is 57.3 cm³/mol. The number of imide groups is 1. The molecule has 1 aliphatic rings. The van der Waals surface area contributed by atoms with E-state index in [1.807, 2.05) is 12.1 Å². The summed E-state index contributed by atoms with van der Waals surface area (Å²) in [4.78, 5) is 23.3. The summed E-state index contributed by atoms with van der Waals surface area (Å²) < 4.78 is 0. The average Bonchev–Trinajstić information content (AvgIpc) is 2.33. The molecule has 5 heteroatoms. The van der Waals surface area contributed by atoms with Gasteiger partial charge in [0.25, 0.3) is 11.8 Å². The molecule has 4 nitrogen and oxygen atoms in total. The van der Waals surface area contributed by atoms with Crippen LogP contribution in [-0.4, -0.2) is 22.1 Å². The first kappa shape index (κ1) is 12.3. The summed E-state index contributed by atoms with van der Waals surface area (Å²) in [5.74, 6) is -1.34. The smallest absolute Gasteiger partial charge is 1.00 e. The molecule has 0 unspecified atom stereocenters. The van der Waals surface area contributed by atoms with Crippen LogP contribution in [0.25, 0.3) is 10.8 Å². The van der Waals surface area contributed by atoms with E-state index < -0.39 is 11.8 Å². The Morgan fingerprint density at radius 1 is 0.941 bits per heavy atom. The molecule has 17 heavy (non-hydrogen) atoms. The second-order valence-electron chi connectivity index (χ2n) is 3.63. The molecule has 0 radical (unpaired) electrons. The zero-order valence-electron chi connectivity index (χ0n) is 10.2. The summed E-state index contributed by atoms with van der Waals surface area (Å²) in [6, 6.07) is 10.3. The molecule has 3 rings (SSSR count). The van der Waals surface area contributed by atoms with Crippen LogP contribution >= 0.6 is 0 Å². The molecule has 0 aromatic heterocycles. The molecule has 80 valence electrons. The van der Waals surface area contributed by atoms with E-state index in [1.165, 1.54) is 0 Å². The molecule has 0 spiro atoms. The summed E-state index contributed by atoms with van der Waals surface area (Å²) in [6.45, 7) is 0. The topological polar surface area (TPSA) is 57.6 Å². The first-order valence-electron chi connectivity index (χ1n) is 4.79. The molecule has 0 bridgehead atoms. The minimum absolute atomic E-state index is 0. The van der Waals surface area contributed by atoms with E-state index >= 15 is 0 Å². The zero-order chi connectivity index (χ0) is 11.3. The van der Waals surface area contributed by atoms with Crippen LogP contribution in [0.2, 0.25) is 0 Å². The largest absolute Gasteiger partial charge is 1.00 e. The fourth-order valence-corrected chi connectivity index (χ4v) is 2.02. The van der Waals surface area contributed by atoms with Gasteiger partial charge in [0.05, 0.1) is 11.1 Å². The van der Waals surface area contributed by atoms with Crippen molar-refractivity contribution >= 4 is 22.6 Å². The van der Waals surface area contributed by atoms with Crippen molar-refractivity contribution in [1.29, 1.82) is 0 Å². The zero-order valence-corrected chi connectivity index (χ0v) is 11.2. The maximum absolute atomic E-state index is 11.7. The number of carbonyl (C=O) groups excluding carboxylic acids is 2. The van der Waals surface area contributed by atoms with Gasteiger partial charge in [-0.25, -0.2) is 0 Å². The number of hydrogen-bond donors (Lipinski definition) is 1. The Kier molecular flexibility index (Phi) is 3.05. The number of amides is 2. The van der Waals surface area contributed by atoms with Crippen molar-refractivity contribution in [3.63, 3.8) is 0 Å². The maximum atomic E-state index is 11.7. The van der Waals surface area contributed by atoms with Gasteiger partial charge in [0.1, 0.15) is 0 Å². The van der Waals surface area contributed by atoms with Crippen molar-refractivity contribution in [2.24, 2.45) is 0 Å². The summed E-state index contributed by atoms with van der Waals surface area (Å²) in [7, 11) is 0. The van der Waals surface area contributed by atoms with Gasteiger partial charge in [0.2, 0.25) is 0 Å². The first-order valence-corrected chi connectivity index (χ1v) is 4.79. The number of benzene rings is 2. The van der Waals surface area contributed by atoms with Crippen LogP contribution in [0, 0.1) is 0 Å². The monoisotopic (exact) mass is 237 g/mol. The fraction of sp³-hybridized carbons (Fsp3) is 0. The van der Waals surface area contributed by atoms with Gasteiger partial charge in [-0.1, -0.05) is 24.3 Å². The van der Waals surface area contributed by atoms with E-state index in [4.69, 9.17) is 0 Å². The minimum atomic E-state index is -0.672. The normalized spacial score (nSPS) is 13.8. The summed E-state index contributed by atoms with van der Waals surface area (Å²) >= 11 is 0. The van der Waals surface area contributed by atoms with E-state index in [0.717, 1.165) is 5.39 Å². The minimum Gasteiger partial charge on any atom is -1.00 e. The van der Waals surface area contributed by atoms with Gasteiger partial charge in [-0.2, -0.15) is 0 Å². The third kappa shape index (κ3) is 1.61. The molecule has 0 saturated carbocycles. The number of rotatable bonds is 0. The van der Waals surface area contributed by atoms with Crippen LogP contribution < -0.4 is 29.6 Å². The van der Waals surface area contributed by atoms with Gasteiger partial charge < -0.3 is 1.43 Å². The van der Waals surface area contributed by atoms with Crippen LogP contribution in [0.5, 0.6) is 0 Å². The van der Waals surface area contributed by atoms with Gasteiger partial charge in [0, 0.05) is 5.39 Å². The van der Waals surface area contributed by atoms with Crippen LogP contribution in [-0.2, 0) is 0 Å². The van der Waals surface area contributed by atoms with E-state index in [9.17, 15) is 14.8 Å². The van der Waals surface area contributed by atoms with Crippen molar-refractivity contribution in [3.05, 3.63) is 47.5 Å². The Morgan fingerprint density at radius 3 is 1.88 bits per heavy atom. The molecule has 0 fully saturated rings. The molecule has 0 atom stereocenters.